The summed E-state index contributed by atoms with van der Waals surface area (Å²) in [5.41, 5.74) is 19.8. The quantitative estimate of drug-likeness (QED) is 0.168. The SMILES string of the molecule is CCc1cc(O)ccc1N=C(N)c1cnn2cc(-c3cccc(CO)c3)cc2c1N[C@@H]1CC[C@](C)(N)C1(C)C. The van der Waals surface area contributed by atoms with Crippen LogP contribution in [0.25, 0.3) is 16.6 Å². The summed E-state index contributed by atoms with van der Waals surface area (Å²) in [5, 5.41) is 28.1. The van der Waals surface area contributed by atoms with Gasteiger partial charge < -0.3 is 27.0 Å². The lowest BCUT2D eigenvalue weighted by atomic mass is 9.75. The molecule has 1 aliphatic rings. The lowest BCUT2D eigenvalue weighted by Crippen LogP contribution is -2.51. The Morgan fingerprint density at radius 3 is 2.64 bits per heavy atom. The topological polar surface area (TPSA) is 134 Å². The van der Waals surface area contributed by atoms with Crippen LogP contribution < -0.4 is 16.8 Å². The number of rotatable bonds is 7. The van der Waals surface area contributed by atoms with Gasteiger partial charge in [-0.05, 0) is 73.2 Å². The van der Waals surface area contributed by atoms with Crippen molar-refractivity contribution in [3.63, 3.8) is 0 Å². The minimum atomic E-state index is -0.312. The fourth-order valence-electron chi connectivity index (χ4n) is 5.52. The number of nitrogens with one attached hydrogen (secondary N) is 1. The van der Waals surface area contributed by atoms with E-state index in [1.807, 2.05) is 41.9 Å². The van der Waals surface area contributed by atoms with Crippen LogP contribution in [-0.4, -0.2) is 37.2 Å². The molecule has 2 atom stereocenters. The zero-order valence-electron chi connectivity index (χ0n) is 23.1. The smallest absolute Gasteiger partial charge is 0.135 e. The lowest BCUT2D eigenvalue weighted by molar-refractivity contribution is 0.215. The summed E-state index contributed by atoms with van der Waals surface area (Å²) in [7, 11) is 0. The van der Waals surface area contributed by atoms with E-state index in [0.717, 1.165) is 46.3 Å². The maximum atomic E-state index is 9.94. The third-order valence-electron chi connectivity index (χ3n) is 8.65. The Morgan fingerprint density at radius 1 is 1.15 bits per heavy atom. The van der Waals surface area contributed by atoms with Gasteiger partial charge in [-0.3, -0.25) is 0 Å². The van der Waals surface area contributed by atoms with Crippen molar-refractivity contribution in [2.75, 3.05) is 5.32 Å². The summed E-state index contributed by atoms with van der Waals surface area (Å²) in [4.78, 5) is 4.78. The standard InChI is InChI=1S/C31H38N6O2/c1-5-20-14-23(39)9-10-25(20)35-29(32)24-16-34-37-17-22(21-8-6-7-19(13-21)18-38)15-26(37)28(24)36-27-11-12-31(4,33)30(27,2)3/h6-10,13-17,27,36,38-39H,5,11-12,18,33H2,1-4H3,(H2,32,35)/t27-,31+/m1/s1. The number of aromatic nitrogens is 2. The number of anilines is 1. The Morgan fingerprint density at radius 2 is 1.95 bits per heavy atom. The molecule has 39 heavy (non-hydrogen) atoms. The Bertz CT molecular complexity index is 1550. The number of aromatic hydroxyl groups is 1. The van der Waals surface area contributed by atoms with Gasteiger partial charge in [-0.15, -0.1) is 0 Å². The van der Waals surface area contributed by atoms with Crippen LogP contribution in [0.3, 0.4) is 0 Å². The first-order chi connectivity index (χ1) is 18.5. The van der Waals surface area contributed by atoms with Gasteiger partial charge in [0, 0.05) is 28.8 Å². The molecule has 0 bridgehead atoms. The van der Waals surface area contributed by atoms with E-state index in [2.05, 4.69) is 32.2 Å². The molecule has 2 aromatic carbocycles. The molecule has 4 aromatic rings. The van der Waals surface area contributed by atoms with Crippen molar-refractivity contribution in [1.29, 1.82) is 0 Å². The molecule has 0 aliphatic heterocycles. The summed E-state index contributed by atoms with van der Waals surface area (Å²) in [6, 6.07) is 15.2. The van der Waals surface area contributed by atoms with Crippen molar-refractivity contribution in [2.24, 2.45) is 21.9 Å². The number of aliphatic hydroxyl groups excluding tert-OH is 1. The van der Waals surface area contributed by atoms with Gasteiger partial charge in [-0.1, -0.05) is 39.0 Å². The number of benzene rings is 2. The Balaban J connectivity index is 1.66. The van der Waals surface area contributed by atoms with Crippen LogP contribution in [0.4, 0.5) is 11.4 Å². The van der Waals surface area contributed by atoms with Crippen LogP contribution in [0.5, 0.6) is 5.75 Å². The number of nitrogens with two attached hydrogens (primary N) is 2. The number of aliphatic hydroxyl groups is 1. The average molecular weight is 527 g/mol. The first-order valence-corrected chi connectivity index (χ1v) is 13.5. The lowest BCUT2D eigenvalue weighted by Gasteiger charge is -2.39. The fraction of sp³-hybridized carbons (Fsp3) is 0.355. The molecule has 0 unspecified atom stereocenters. The number of hydrogen-bond acceptors (Lipinski definition) is 6. The number of amidine groups is 1. The van der Waals surface area contributed by atoms with E-state index in [0.29, 0.717) is 23.5 Å². The normalized spacial score (nSPS) is 21.0. The average Bonchev–Trinajstić information content (AvgIpc) is 3.44. The maximum absolute atomic E-state index is 9.94. The van der Waals surface area contributed by atoms with Gasteiger partial charge in [0.05, 0.1) is 35.3 Å². The number of phenols is 1. The number of fused-ring (bicyclic) bond motifs is 1. The van der Waals surface area contributed by atoms with Crippen molar-refractivity contribution >= 4 is 22.7 Å². The van der Waals surface area contributed by atoms with Crippen LogP contribution in [0.15, 0.2) is 65.9 Å². The van der Waals surface area contributed by atoms with Gasteiger partial charge in [-0.2, -0.15) is 5.10 Å². The highest BCUT2D eigenvalue weighted by Crippen LogP contribution is 2.46. The highest BCUT2D eigenvalue weighted by molar-refractivity contribution is 6.06. The largest absolute Gasteiger partial charge is 0.508 e. The Labute approximate surface area is 229 Å². The molecule has 1 fully saturated rings. The Hall–Kier alpha value is -3.88. The molecule has 1 aliphatic carbocycles. The monoisotopic (exact) mass is 526 g/mol. The van der Waals surface area contributed by atoms with E-state index < -0.39 is 0 Å². The van der Waals surface area contributed by atoms with E-state index in [1.165, 1.54) is 0 Å². The van der Waals surface area contributed by atoms with E-state index in [1.54, 1.807) is 24.4 Å². The molecule has 0 saturated heterocycles. The first kappa shape index (κ1) is 26.7. The molecular weight excluding hydrogens is 488 g/mol. The molecule has 2 aromatic heterocycles. The van der Waals surface area contributed by atoms with Crippen molar-refractivity contribution in [3.8, 4) is 16.9 Å². The van der Waals surface area contributed by atoms with Crippen molar-refractivity contribution < 1.29 is 10.2 Å². The molecular formula is C31H38N6O2. The van der Waals surface area contributed by atoms with Gasteiger partial charge in [0.2, 0.25) is 0 Å². The maximum Gasteiger partial charge on any atom is 0.135 e. The predicted molar refractivity (Wildman–Crippen MR) is 157 cm³/mol. The number of hydrogen-bond donors (Lipinski definition) is 5. The van der Waals surface area contributed by atoms with Crippen LogP contribution in [0, 0.1) is 5.41 Å². The zero-order chi connectivity index (χ0) is 27.9. The molecule has 8 nitrogen and oxygen atoms in total. The van der Waals surface area contributed by atoms with E-state index in [-0.39, 0.29) is 29.4 Å². The van der Waals surface area contributed by atoms with Crippen molar-refractivity contribution in [2.45, 2.75) is 65.1 Å². The van der Waals surface area contributed by atoms with Gasteiger partial charge in [0.1, 0.15) is 11.6 Å². The molecule has 1 saturated carbocycles. The minimum absolute atomic E-state index is 0.0188. The van der Waals surface area contributed by atoms with E-state index >= 15 is 0 Å². The molecule has 0 amide bonds. The summed E-state index contributed by atoms with van der Waals surface area (Å²) in [6.07, 6.45) is 6.28. The molecule has 8 heteroatoms. The van der Waals surface area contributed by atoms with Gasteiger partial charge in [0.25, 0.3) is 0 Å². The molecule has 204 valence electrons. The third kappa shape index (κ3) is 4.86. The van der Waals surface area contributed by atoms with Crippen LogP contribution in [0.1, 0.15) is 57.2 Å². The second-order valence-corrected chi connectivity index (χ2v) is 11.4. The summed E-state index contributed by atoms with van der Waals surface area (Å²) in [6.45, 7) is 8.54. The van der Waals surface area contributed by atoms with Crippen molar-refractivity contribution in [3.05, 3.63) is 77.6 Å². The zero-order valence-corrected chi connectivity index (χ0v) is 23.1. The number of nitrogens with zero attached hydrogens (tertiary/aromatic N) is 3. The molecule has 0 radical (unpaired) electrons. The summed E-state index contributed by atoms with van der Waals surface area (Å²) in [5.74, 6) is 0.540. The van der Waals surface area contributed by atoms with E-state index in [9.17, 15) is 10.2 Å². The van der Waals surface area contributed by atoms with Crippen LogP contribution in [-0.2, 0) is 13.0 Å². The van der Waals surface area contributed by atoms with Crippen molar-refractivity contribution in [1.82, 2.24) is 9.61 Å². The fourth-order valence-corrected chi connectivity index (χ4v) is 5.52. The van der Waals surface area contributed by atoms with Crippen LogP contribution >= 0.6 is 0 Å². The molecule has 5 rings (SSSR count). The molecule has 2 heterocycles. The second-order valence-electron chi connectivity index (χ2n) is 11.4. The number of phenolic OH excluding ortho intramolecular Hbond substituents is 1. The first-order valence-electron chi connectivity index (χ1n) is 13.5. The van der Waals surface area contributed by atoms with E-state index in [4.69, 9.17) is 21.6 Å². The predicted octanol–water partition coefficient (Wildman–Crippen LogP) is 5.12. The van der Waals surface area contributed by atoms with Gasteiger partial charge >= 0.3 is 0 Å². The highest BCUT2D eigenvalue weighted by atomic mass is 16.3. The second kappa shape index (κ2) is 10.0. The number of aryl methyl sites for hydroxylation is 1. The minimum Gasteiger partial charge on any atom is -0.508 e. The molecule has 0 spiro atoms. The molecule has 7 N–H and O–H groups in total. The van der Waals surface area contributed by atoms with Gasteiger partial charge in [-0.25, -0.2) is 9.51 Å². The highest BCUT2D eigenvalue weighted by Gasteiger charge is 2.49. The third-order valence-corrected chi connectivity index (χ3v) is 8.65. The Kier molecular flexibility index (Phi) is 6.86. The summed E-state index contributed by atoms with van der Waals surface area (Å²) >= 11 is 0. The van der Waals surface area contributed by atoms with Gasteiger partial charge in [0.15, 0.2) is 0 Å². The number of aliphatic imine (C=N–C) groups is 1. The van der Waals surface area contributed by atoms with Crippen LogP contribution in [0.2, 0.25) is 0 Å². The summed E-state index contributed by atoms with van der Waals surface area (Å²) < 4.78 is 1.85.